The molecule has 0 spiro atoms. The first-order chi connectivity index (χ1) is 5.22. The molecule has 1 unspecified atom stereocenters. The lowest BCUT2D eigenvalue weighted by molar-refractivity contribution is 0.856. The second kappa shape index (κ2) is 5.96. The van der Waals surface area contributed by atoms with Crippen LogP contribution >= 0.6 is 0 Å². The average molecular weight is 150 g/mol. The molecule has 0 aromatic carbocycles. The van der Waals surface area contributed by atoms with E-state index in [1.165, 1.54) is 5.57 Å². The van der Waals surface area contributed by atoms with Crippen molar-refractivity contribution in [2.75, 3.05) is 0 Å². The molecular weight excluding hydrogens is 132 g/mol. The summed E-state index contributed by atoms with van der Waals surface area (Å²) < 4.78 is 0. The van der Waals surface area contributed by atoms with Crippen LogP contribution in [0.1, 0.15) is 27.2 Å². The fourth-order valence-corrected chi connectivity index (χ4v) is 0.794. The SMILES string of the molecule is C=CCC=CC(C)C(C)=CC. The summed E-state index contributed by atoms with van der Waals surface area (Å²) in [5.41, 5.74) is 1.42. The van der Waals surface area contributed by atoms with E-state index in [4.69, 9.17) is 0 Å². The molecule has 0 aliphatic carbocycles. The number of allylic oxidation sites excluding steroid dienone is 5. The second-order valence-electron chi connectivity index (χ2n) is 2.77. The summed E-state index contributed by atoms with van der Waals surface area (Å²) in [6.07, 6.45) is 9.42. The molecular formula is C11H18. The van der Waals surface area contributed by atoms with Gasteiger partial charge in [0.1, 0.15) is 0 Å². The van der Waals surface area contributed by atoms with E-state index < -0.39 is 0 Å². The monoisotopic (exact) mass is 150 g/mol. The lowest BCUT2D eigenvalue weighted by atomic mass is 10.0. The fraction of sp³-hybridized carbons (Fsp3) is 0.455. The summed E-state index contributed by atoms with van der Waals surface area (Å²) in [5.74, 6) is 0.569. The highest BCUT2D eigenvalue weighted by Crippen LogP contribution is 2.10. The first-order valence-electron chi connectivity index (χ1n) is 4.12. The van der Waals surface area contributed by atoms with Gasteiger partial charge in [-0.1, -0.05) is 36.8 Å². The van der Waals surface area contributed by atoms with Gasteiger partial charge >= 0.3 is 0 Å². The van der Waals surface area contributed by atoms with Gasteiger partial charge in [-0.25, -0.2) is 0 Å². The van der Waals surface area contributed by atoms with Crippen molar-refractivity contribution >= 4 is 0 Å². The van der Waals surface area contributed by atoms with Gasteiger partial charge in [-0.15, -0.1) is 6.58 Å². The van der Waals surface area contributed by atoms with Gasteiger partial charge in [-0.05, 0) is 26.2 Å². The van der Waals surface area contributed by atoms with Crippen molar-refractivity contribution in [3.05, 3.63) is 36.5 Å². The molecule has 0 aliphatic heterocycles. The van der Waals surface area contributed by atoms with Crippen molar-refractivity contribution in [1.82, 2.24) is 0 Å². The Hall–Kier alpha value is -0.780. The molecule has 0 aliphatic rings. The zero-order valence-corrected chi connectivity index (χ0v) is 7.80. The topological polar surface area (TPSA) is 0 Å². The first-order valence-corrected chi connectivity index (χ1v) is 4.12. The van der Waals surface area contributed by atoms with Gasteiger partial charge in [0.05, 0.1) is 0 Å². The first kappa shape index (κ1) is 10.2. The maximum atomic E-state index is 3.66. The van der Waals surface area contributed by atoms with Crippen LogP contribution in [-0.4, -0.2) is 0 Å². The lowest BCUT2D eigenvalue weighted by Crippen LogP contribution is -1.89. The molecule has 0 saturated heterocycles. The Bertz CT molecular complexity index is 161. The highest BCUT2D eigenvalue weighted by molar-refractivity contribution is 5.09. The van der Waals surface area contributed by atoms with Crippen molar-refractivity contribution in [3.8, 4) is 0 Å². The molecule has 62 valence electrons. The zero-order valence-electron chi connectivity index (χ0n) is 7.80. The maximum absolute atomic E-state index is 3.66. The van der Waals surface area contributed by atoms with Gasteiger partial charge in [-0.2, -0.15) is 0 Å². The third-order valence-electron chi connectivity index (χ3n) is 1.90. The van der Waals surface area contributed by atoms with E-state index in [0.29, 0.717) is 5.92 Å². The Morgan fingerprint density at radius 3 is 2.64 bits per heavy atom. The van der Waals surface area contributed by atoms with E-state index >= 15 is 0 Å². The van der Waals surface area contributed by atoms with Crippen LogP contribution in [0.4, 0.5) is 0 Å². The summed E-state index contributed by atoms with van der Waals surface area (Å²) in [6.45, 7) is 10.1. The van der Waals surface area contributed by atoms with Gasteiger partial charge < -0.3 is 0 Å². The largest absolute Gasteiger partial charge is 0.103 e. The van der Waals surface area contributed by atoms with E-state index in [-0.39, 0.29) is 0 Å². The summed E-state index contributed by atoms with van der Waals surface area (Å²) in [6, 6.07) is 0. The lowest BCUT2D eigenvalue weighted by Gasteiger charge is -2.04. The third-order valence-corrected chi connectivity index (χ3v) is 1.90. The average Bonchev–Trinajstić information content (AvgIpc) is 2.03. The molecule has 1 atom stereocenters. The molecule has 0 saturated carbocycles. The fourth-order valence-electron chi connectivity index (χ4n) is 0.794. The predicted octanol–water partition coefficient (Wildman–Crippen LogP) is 3.72. The summed E-state index contributed by atoms with van der Waals surface area (Å²) in [4.78, 5) is 0. The maximum Gasteiger partial charge on any atom is -0.00544 e. The van der Waals surface area contributed by atoms with Gasteiger partial charge in [0, 0.05) is 0 Å². The standard InChI is InChI=1S/C11H18/c1-5-7-8-9-11(4)10(3)6-2/h5-6,8-9,11H,1,7H2,2-4H3. The predicted molar refractivity (Wildman–Crippen MR) is 52.5 cm³/mol. The van der Waals surface area contributed by atoms with Crippen LogP contribution < -0.4 is 0 Å². The number of hydrogen-bond donors (Lipinski definition) is 0. The molecule has 0 heteroatoms. The molecule has 0 radical (unpaired) electrons. The molecule has 11 heavy (non-hydrogen) atoms. The Morgan fingerprint density at radius 2 is 2.18 bits per heavy atom. The van der Waals surface area contributed by atoms with E-state index in [0.717, 1.165) is 6.42 Å². The zero-order chi connectivity index (χ0) is 8.69. The van der Waals surface area contributed by atoms with Crippen molar-refractivity contribution in [3.63, 3.8) is 0 Å². The minimum Gasteiger partial charge on any atom is -0.103 e. The Kier molecular flexibility index (Phi) is 5.54. The van der Waals surface area contributed by atoms with Crippen LogP contribution in [0.2, 0.25) is 0 Å². The van der Waals surface area contributed by atoms with Gasteiger partial charge in [-0.3, -0.25) is 0 Å². The van der Waals surface area contributed by atoms with Crippen LogP contribution in [-0.2, 0) is 0 Å². The van der Waals surface area contributed by atoms with Crippen molar-refractivity contribution in [2.24, 2.45) is 5.92 Å². The van der Waals surface area contributed by atoms with E-state index in [1.54, 1.807) is 0 Å². The molecule has 0 aromatic heterocycles. The Labute approximate surface area is 70.3 Å². The van der Waals surface area contributed by atoms with Crippen LogP contribution in [0.15, 0.2) is 36.5 Å². The van der Waals surface area contributed by atoms with Crippen LogP contribution in [0, 0.1) is 5.92 Å². The van der Waals surface area contributed by atoms with Crippen LogP contribution in [0.5, 0.6) is 0 Å². The highest BCUT2D eigenvalue weighted by Gasteiger charge is 1.95. The quantitative estimate of drug-likeness (QED) is 0.536. The van der Waals surface area contributed by atoms with Crippen LogP contribution in [0.3, 0.4) is 0 Å². The number of rotatable bonds is 4. The third kappa shape index (κ3) is 4.60. The van der Waals surface area contributed by atoms with Crippen LogP contribution in [0.25, 0.3) is 0 Å². The highest BCUT2D eigenvalue weighted by atomic mass is 14.0. The van der Waals surface area contributed by atoms with Crippen molar-refractivity contribution < 1.29 is 0 Å². The molecule has 0 nitrogen and oxygen atoms in total. The molecule has 0 aromatic rings. The molecule has 0 heterocycles. The van der Waals surface area contributed by atoms with E-state index in [9.17, 15) is 0 Å². The smallest absolute Gasteiger partial charge is 0.00544 e. The number of hydrogen-bond acceptors (Lipinski definition) is 0. The molecule has 0 amide bonds. The Morgan fingerprint density at radius 1 is 1.55 bits per heavy atom. The second-order valence-corrected chi connectivity index (χ2v) is 2.77. The normalized spacial score (nSPS) is 15.4. The minimum atomic E-state index is 0.569. The van der Waals surface area contributed by atoms with E-state index in [2.05, 4.69) is 45.6 Å². The van der Waals surface area contributed by atoms with Gasteiger partial charge in [0.15, 0.2) is 0 Å². The summed E-state index contributed by atoms with van der Waals surface area (Å²) in [7, 11) is 0. The molecule has 0 rings (SSSR count). The molecule has 0 bridgehead atoms. The molecule has 0 N–H and O–H groups in total. The molecule has 0 fully saturated rings. The summed E-state index contributed by atoms with van der Waals surface area (Å²) >= 11 is 0. The minimum absolute atomic E-state index is 0.569. The summed E-state index contributed by atoms with van der Waals surface area (Å²) in [5, 5.41) is 0. The Balaban J connectivity index is 3.85. The van der Waals surface area contributed by atoms with Gasteiger partial charge in [0.25, 0.3) is 0 Å². The van der Waals surface area contributed by atoms with E-state index in [1.807, 2.05) is 6.08 Å². The van der Waals surface area contributed by atoms with Crippen molar-refractivity contribution in [2.45, 2.75) is 27.2 Å². The van der Waals surface area contributed by atoms with Gasteiger partial charge in [0.2, 0.25) is 0 Å². The van der Waals surface area contributed by atoms with Crippen molar-refractivity contribution in [1.29, 1.82) is 0 Å².